The molecule has 1 aliphatic rings. The van der Waals surface area contributed by atoms with E-state index in [4.69, 9.17) is 0 Å². The molecular formula is C15H22F3N3. The van der Waals surface area contributed by atoms with Gasteiger partial charge in [0.1, 0.15) is 5.82 Å². The highest BCUT2D eigenvalue weighted by molar-refractivity contribution is 5.43. The predicted octanol–water partition coefficient (Wildman–Crippen LogP) is 3.68. The Kier molecular flexibility index (Phi) is 5.45. The zero-order chi connectivity index (χ0) is 15.3. The van der Waals surface area contributed by atoms with Gasteiger partial charge in [0.05, 0.1) is 5.92 Å². The molecule has 0 saturated carbocycles. The number of piperidine rings is 1. The summed E-state index contributed by atoms with van der Waals surface area (Å²) in [5, 5.41) is 3.27. The molecule has 3 nitrogen and oxygen atoms in total. The molecule has 1 N–H and O–H groups in total. The van der Waals surface area contributed by atoms with Crippen molar-refractivity contribution in [2.75, 3.05) is 25.0 Å². The third-order valence-corrected chi connectivity index (χ3v) is 3.88. The molecular weight excluding hydrogens is 279 g/mol. The van der Waals surface area contributed by atoms with E-state index in [-0.39, 0.29) is 12.8 Å². The van der Waals surface area contributed by atoms with Gasteiger partial charge in [-0.2, -0.15) is 13.2 Å². The van der Waals surface area contributed by atoms with Crippen molar-refractivity contribution < 1.29 is 13.2 Å². The summed E-state index contributed by atoms with van der Waals surface area (Å²) in [6.45, 7) is 4.57. The highest BCUT2D eigenvalue weighted by Crippen LogP contribution is 2.34. The van der Waals surface area contributed by atoms with E-state index >= 15 is 0 Å². The first kappa shape index (κ1) is 16.1. The number of halogens is 3. The van der Waals surface area contributed by atoms with E-state index < -0.39 is 12.1 Å². The monoisotopic (exact) mass is 301 g/mol. The molecule has 1 saturated heterocycles. The molecule has 1 aliphatic heterocycles. The Morgan fingerprint density at radius 2 is 2.05 bits per heavy atom. The molecule has 6 heteroatoms. The lowest BCUT2D eigenvalue weighted by Crippen LogP contribution is -2.38. The molecule has 0 unspecified atom stereocenters. The standard InChI is InChI=1S/C15H22F3N3/c1-2-7-19-14-12(4-3-8-20-14)11-21-9-5-13(6-10-21)15(16,17)18/h3-4,8,13H,2,5-7,9-11H2,1H3,(H,19,20). The van der Waals surface area contributed by atoms with Crippen LogP contribution in [-0.4, -0.2) is 35.7 Å². The van der Waals surface area contributed by atoms with Gasteiger partial charge in [0.2, 0.25) is 0 Å². The summed E-state index contributed by atoms with van der Waals surface area (Å²) < 4.78 is 38.0. The van der Waals surface area contributed by atoms with Crippen LogP contribution in [0.25, 0.3) is 0 Å². The SMILES string of the molecule is CCCNc1ncccc1CN1CCC(C(F)(F)F)CC1. The second kappa shape index (κ2) is 7.11. The van der Waals surface area contributed by atoms with Crippen LogP contribution < -0.4 is 5.32 Å². The van der Waals surface area contributed by atoms with E-state index in [1.807, 2.05) is 12.1 Å². The summed E-state index contributed by atoms with van der Waals surface area (Å²) in [6.07, 6.45) is -0.915. The molecule has 1 aromatic rings. The summed E-state index contributed by atoms with van der Waals surface area (Å²) in [4.78, 5) is 6.40. The Balaban J connectivity index is 1.91. The molecule has 0 radical (unpaired) electrons. The van der Waals surface area contributed by atoms with Crippen LogP contribution in [0.15, 0.2) is 18.3 Å². The minimum absolute atomic E-state index is 0.196. The zero-order valence-corrected chi connectivity index (χ0v) is 12.3. The van der Waals surface area contributed by atoms with E-state index in [2.05, 4.69) is 22.1 Å². The van der Waals surface area contributed by atoms with Crippen LogP contribution in [0.5, 0.6) is 0 Å². The van der Waals surface area contributed by atoms with Gasteiger partial charge < -0.3 is 5.32 Å². The van der Waals surface area contributed by atoms with Crippen molar-refractivity contribution in [3.8, 4) is 0 Å². The molecule has 1 fully saturated rings. The van der Waals surface area contributed by atoms with Crippen LogP contribution in [0.2, 0.25) is 0 Å². The first-order chi connectivity index (χ1) is 10.0. The first-order valence-electron chi connectivity index (χ1n) is 7.47. The van der Waals surface area contributed by atoms with Gasteiger partial charge in [0.15, 0.2) is 0 Å². The summed E-state index contributed by atoms with van der Waals surface area (Å²) >= 11 is 0. The maximum Gasteiger partial charge on any atom is 0.391 e. The fraction of sp³-hybridized carbons (Fsp3) is 0.667. The van der Waals surface area contributed by atoms with Crippen LogP contribution in [-0.2, 0) is 6.54 Å². The fourth-order valence-corrected chi connectivity index (χ4v) is 2.63. The van der Waals surface area contributed by atoms with Crippen LogP contribution >= 0.6 is 0 Å². The summed E-state index contributed by atoms with van der Waals surface area (Å²) in [6, 6.07) is 3.86. The zero-order valence-electron chi connectivity index (χ0n) is 12.3. The Morgan fingerprint density at radius 1 is 1.33 bits per heavy atom. The number of aromatic nitrogens is 1. The number of nitrogens with one attached hydrogen (secondary N) is 1. The minimum atomic E-state index is -4.05. The molecule has 0 aromatic carbocycles. The van der Waals surface area contributed by atoms with Crippen molar-refractivity contribution in [3.05, 3.63) is 23.9 Å². The molecule has 0 spiro atoms. The average molecular weight is 301 g/mol. The van der Waals surface area contributed by atoms with E-state index in [0.29, 0.717) is 19.6 Å². The van der Waals surface area contributed by atoms with Gasteiger partial charge in [-0.1, -0.05) is 13.0 Å². The number of pyridine rings is 1. The Labute approximate surface area is 123 Å². The number of nitrogens with zero attached hydrogens (tertiary/aromatic N) is 2. The third-order valence-electron chi connectivity index (χ3n) is 3.88. The summed E-state index contributed by atoms with van der Waals surface area (Å²) in [7, 11) is 0. The number of hydrogen-bond acceptors (Lipinski definition) is 3. The Hall–Kier alpha value is -1.30. The number of alkyl halides is 3. The normalized spacial score (nSPS) is 17.9. The van der Waals surface area contributed by atoms with Crippen molar-refractivity contribution in [2.24, 2.45) is 5.92 Å². The first-order valence-corrected chi connectivity index (χ1v) is 7.47. The van der Waals surface area contributed by atoms with Crippen molar-refractivity contribution in [3.63, 3.8) is 0 Å². The number of likely N-dealkylation sites (tertiary alicyclic amines) is 1. The Bertz CT molecular complexity index is 440. The van der Waals surface area contributed by atoms with Crippen LogP contribution in [0.3, 0.4) is 0 Å². The molecule has 118 valence electrons. The van der Waals surface area contributed by atoms with Gasteiger partial charge in [0, 0.05) is 24.8 Å². The molecule has 2 rings (SSSR count). The van der Waals surface area contributed by atoms with Gasteiger partial charge in [-0.25, -0.2) is 4.98 Å². The predicted molar refractivity (Wildman–Crippen MR) is 77.1 cm³/mol. The summed E-state index contributed by atoms with van der Waals surface area (Å²) in [5.74, 6) is -0.294. The maximum atomic E-state index is 12.7. The summed E-state index contributed by atoms with van der Waals surface area (Å²) in [5.41, 5.74) is 1.05. The molecule has 2 heterocycles. The van der Waals surface area contributed by atoms with Crippen molar-refractivity contribution in [1.29, 1.82) is 0 Å². The lowest BCUT2D eigenvalue weighted by molar-refractivity contribution is -0.185. The quantitative estimate of drug-likeness (QED) is 0.899. The lowest BCUT2D eigenvalue weighted by Gasteiger charge is -2.33. The lowest BCUT2D eigenvalue weighted by atomic mass is 9.96. The molecule has 0 amide bonds. The molecule has 0 aliphatic carbocycles. The fourth-order valence-electron chi connectivity index (χ4n) is 2.63. The van der Waals surface area contributed by atoms with Crippen molar-refractivity contribution >= 4 is 5.82 Å². The van der Waals surface area contributed by atoms with Crippen molar-refractivity contribution in [2.45, 2.75) is 38.9 Å². The van der Waals surface area contributed by atoms with Gasteiger partial charge in [-0.15, -0.1) is 0 Å². The number of anilines is 1. The largest absolute Gasteiger partial charge is 0.391 e. The number of rotatable bonds is 5. The highest BCUT2D eigenvalue weighted by atomic mass is 19.4. The van der Waals surface area contributed by atoms with Gasteiger partial charge in [0.25, 0.3) is 0 Å². The van der Waals surface area contributed by atoms with E-state index in [0.717, 1.165) is 24.3 Å². The average Bonchev–Trinajstić information content (AvgIpc) is 2.46. The van der Waals surface area contributed by atoms with Gasteiger partial charge >= 0.3 is 6.18 Å². The Morgan fingerprint density at radius 3 is 2.67 bits per heavy atom. The van der Waals surface area contributed by atoms with Crippen molar-refractivity contribution in [1.82, 2.24) is 9.88 Å². The van der Waals surface area contributed by atoms with Crippen LogP contribution in [0, 0.1) is 5.92 Å². The third kappa shape index (κ3) is 4.59. The smallest absolute Gasteiger partial charge is 0.370 e. The maximum absolute atomic E-state index is 12.7. The topological polar surface area (TPSA) is 28.2 Å². The number of hydrogen-bond donors (Lipinski definition) is 1. The minimum Gasteiger partial charge on any atom is -0.370 e. The van der Waals surface area contributed by atoms with Gasteiger partial charge in [-0.3, -0.25) is 4.90 Å². The molecule has 21 heavy (non-hydrogen) atoms. The molecule has 0 bridgehead atoms. The molecule has 1 aromatic heterocycles. The van der Waals surface area contributed by atoms with E-state index in [1.54, 1.807) is 6.20 Å². The highest BCUT2D eigenvalue weighted by Gasteiger charge is 2.40. The van der Waals surface area contributed by atoms with Gasteiger partial charge in [-0.05, 0) is 38.4 Å². The van der Waals surface area contributed by atoms with E-state index in [9.17, 15) is 13.2 Å². The van der Waals surface area contributed by atoms with Crippen LogP contribution in [0.1, 0.15) is 31.7 Å². The van der Waals surface area contributed by atoms with Crippen LogP contribution in [0.4, 0.5) is 19.0 Å². The second-order valence-electron chi connectivity index (χ2n) is 5.53. The molecule has 0 atom stereocenters. The second-order valence-corrected chi connectivity index (χ2v) is 5.53. The van der Waals surface area contributed by atoms with E-state index in [1.165, 1.54) is 0 Å².